The minimum Gasteiger partial charge on any atom is -0.479 e. The fourth-order valence-corrected chi connectivity index (χ4v) is 5.15. The Hall–Kier alpha value is -5.38. The number of carboxylic acid groups (broad SMARTS) is 1. The Morgan fingerprint density at radius 1 is 0.793 bits per heavy atom. The molecule has 1 aliphatic rings. The molecule has 8 amide bonds. The monoisotopic (exact) mass is 834 g/mol. The summed E-state index contributed by atoms with van der Waals surface area (Å²) in [6, 6.07) is -11.5. The number of amides is 8. The summed E-state index contributed by atoms with van der Waals surface area (Å²) in [5.41, 5.74) is 10.5. The second kappa shape index (κ2) is 23.8. The third kappa shape index (κ3) is 15.2. The van der Waals surface area contributed by atoms with Gasteiger partial charge in [-0.15, -0.1) is 0 Å². The molecule has 26 heteroatoms. The van der Waals surface area contributed by atoms with E-state index in [1.54, 1.807) is 5.32 Å². The van der Waals surface area contributed by atoms with Gasteiger partial charge in [0.15, 0.2) is 11.9 Å². The van der Waals surface area contributed by atoms with Crippen LogP contribution in [0.25, 0.3) is 0 Å². The molecule has 0 aromatic heterocycles. The molecule has 1 fully saturated rings. The van der Waals surface area contributed by atoms with E-state index in [4.69, 9.17) is 11.5 Å². The molecule has 0 aromatic rings. The quantitative estimate of drug-likeness (QED) is 0.0766. The van der Waals surface area contributed by atoms with Gasteiger partial charge in [0.25, 0.3) is 11.8 Å². The average Bonchev–Trinajstić information content (AvgIpc) is 3.16. The van der Waals surface area contributed by atoms with Crippen molar-refractivity contribution in [1.29, 1.82) is 0 Å². The number of carbonyl (C=O) groups is 10. The third-order valence-electron chi connectivity index (χ3n) is 8.72. The number of primary amides is 1. The van der Waals surface area contributed by atoms with Crippen molar-refractivity contribution < 1.29 is 78.6 Å². The molecule has 0 radical (unpaired) electrons. The van der Waals surface area contributed by atoms with Crippen LogP contribution in [-0.4, -0.2) is 183 Å². The van der Waals surface area contributed by atoms with Crippen LogP contribution in [0, 0.1) is 11.8 Å². The Morgan fingerprint density at radius 3 is 1.90 bits per heavy atom. The Bertz CT molecular complexity index is 1530. The van der Waals surface area contributed by atoms with Gasteiger partial charge >= 0.3 is 5.97 Å². The number of Topliss-reactive ketones (excluding diaryl/α,β-unsaturated/α-hetero) is 1. The molecule has 0 aromatic carbocycles. The molecule has 26 nitrogen and oxygen atoms in total. The largest absolute Gasteiger partial charge is 0.479 e. The van der Waals surface area contributed by atoms with Crippen molar-refractivity contribution in [3.8, 4) is 0 Å². The van der Waals surface area contributed by atoms with Gasteiger partial charge in [-0.3, -0.25) is 43.2 Å². The predicted molar refractivity (Wildman–Crippen MR) is 194 cm³/mol. The van der Waals surface area contributed by atoms with Crippen LogP contribution in [0.1, 0.15) is 34.1 Å². The summed E-state index contributed by atoms with van der Waals surface area (Å²) in [4.78, 5) is 129. The summed E-state index contributed by atoms with van der Waals surface area (Å²) in [6.45, 7) is 2.72. The SMILES string of the molecule is CC(NCCN)C(=O)NCC1NC(=O)C(C(=O)O)NC(=O)C(O)CNC(=O)C(C(C)O)NC(=O)C(C(O)C(O)C(N)=O)NC(=O)C(C(C)C)CC(=O)C(CO)NC1=O. The molecule has 1 aliphatic heterocycles. The van der Waals surface area contributed by atoms with Crippen molar-refractivity contribution in [1.82, 2.24) is 42.5 Å². The summed E-state index contributed by atoms with van der Waals surface area (Å²) in [5, 5.41) is 78.4. The van der Waals surface area contributed by atoms with Crippen LogP contribution in [0.4, 0.5) is 0 Å². The van der Waals surface area contributed by atoms with E-state index in [2.05, 4.69) is 21.3 Å². The van der Waals surface area contributed by atoms with Gasteiger partial charge in [-0.25, -0.2) is 4.79 Å². The van der Waals surface area contributed by atoms with Gasteiger partial charge < -0.3 is 84.6 Å². The third-order valence-corrected chi connectivity index (χ3v) is 8.72. The van der Waals surface area contributed by atoms with E-state index in [9.17, 15) is 78.6 Å². The van der Waals surface area contributed by atoms with Crippen molar-refractivity contribution in [3.63, 3.8) is 0 Å². The predicted octanol–water partition coefficient (Wildman–Crippen LogP) is -10.1. The zero-order valence-electron chi connectivity index (χ0n) is 32.1. The van der Waals surface area contributed by atoms with Crippen LogP contribution in [-0.2, 0) is 47.9 Å². The van der Waals surface area contributed by atoms with Crippen LogP contribution in [0.15, 0.2) is 0 Å². The molecule has 11 unspecified atom stereocenters. The molecular weight excluding hydrogens is 780 g/mol. The number of aliphatic carboxylic acids is 1. The molecule has 0 aliphatic carbocycles. The van der Waals surface area contributed by atoms with Crippen molar-refractivity contribution in [2.24, 2.45) is 23.3 Å². The molecule has 328 valence electrons. The first kappa shape index (κ1) is 50.6. The molecule has 0 saturated carbocycles. The average molecular weight is 835 g/mol. The van der Waals surface area contributed by atoms with Gasteiger partial charge in [0.1, 0.15) is 36.4 Å². The maximum Gasteiger partial charge on any atom is 0.336 e. The maximum atomic E-state index is 13.6. The molecule has 11 atom stereocenters. The highest BCUT2D eigenvalue weighted by molar-refractivity contribution is 6.06. The van der Waals surface area contributed by atoms with Crippen molar-refractivity contribution >= 4 is 59.0 Å². The molecule has 1 rings (SSSR count). The van der Waals surface area contributed by atoms with E-state index in [-0.39, 0.29) is 13.1 Å². The number of carboxylic acids is 1. The number of aliphatic hydroxyl groups excluding tert-OH is 5. The number of ketones is 1. The van der Waals surface area contributed by atoms with Gasteiger partial charge in [-0.2, -0.15) is 0 Å². The highest BCUT2D eigenvalue weighted by atomic mass is 16.4. The molecule has 0 bridgehead atoms. The van der Waals surface area contributed by atoms with Crippen molar-refractivity contribution in [3.05, 3.63) is 0 Å². The Labute approximate surface area is 331 Å². The zero-order chi connectivity index (χ0) is 44.6. The zero-order valence-corrected chi connectivity index (χ0v) is 32.1. The first-order chi connectivity index (χ1) is 27.0. The minimum atomic E-state index is -2.53. The number of hydrogen-bond donors (Lipinski definition) is 16. The second-order valence-corrected chi connectivity index (χ2v) is 13.6. The minimum absolute atomic E-state index is 0.149. The highest BCUT2D eigenvalue weighted by Crippen LogP contribution is 2.18. The molecule has 18 N–H and O–H groups in total. The smallest absolute Gasteiger partial charge is 0.336 e. The molecule has 1 saturated heterocycles. The summed E-state index contributed by atoms with van der Waals surface area (Å²) < 4.78 is 0. The normalized spacial score (nSPS) is 27.1. The van der Waals surface area contributed by atoms with E-state index in [1.165, 1.54) is 20.8 Å². The van der Waals surface area contributed by atoms with Crippen LogP contribution < -0.4 is 54.0 Å². The summed E-state index contributed by atoms with van der Waals surface area (Å²) in [5.74, 6) is -16.0. The van der Waals surface area contributed by atoms with Crippen molar-refractivity contribution in [2.45, 2.75) is 94.8 Å². The number of nitrogens with two attached hydrogens (primary N) is 2. The van der Waals surface area contributed by atoms with Gasteiger partial charge in [-0.1, -0.05) is 13.8 Å². The first-order valence-electron chi connectivity index (χ1n) is 17.9. The molecule has 0 spiro atoms. The Balaban J connectivity index is 3.78. The van der Waals surface area contributed by atoms with Crippen molar-refractivity contribution in [2.75, 3.05) is 32.8 Å². The summed E-state index contributed by atoms with van der Waals surface area (Å²) >= 11 is 0. The Morgan fingerprint density at radius 2 is 1.38 bits per heavy atom. The van der Waals surface area contributed by atoms with Gasteiger partial charge in [0, 0.05) is 32.0 Å². The lowest BCUT2D eigenvalue weighted by molar-refractivity contribution is -0.148. The lowest BCUT2D eigenvalue weighted by Gasteiger charge is -2.31. The maximum absolute atomic E-state index is 13.6. The van der Waals surface area contributed by atoms with Crippen LogP contribution in [0.5, 0.6) is 0 Å². The number of carbonyl (C=O) groups excluding carboxylic acids is 9. The standard InChI is InChI=1S/C32H54N10O16/c1-11(2)14-7-17(45)16(10-43)39-27(52)15(8-36-25(50)12(3)35-6-5-33)38-31(56)21(32(57)58)42-28(53)18(46)9-37-29(54)19(13(4)44)40-30(55)20(41-26(14)51)22(47)23(48)24(34)49/h11-16,18-23,35,43-44,46-48H,5-10,33H2,1-4H3,(H2,34,49)(H,36,50)(H,37,54)(H,38,56)(H,39,52)(H,40,55)(H,41,51)(H,42,53)(H,57,58). The number of hydrogen-bond acceptors (Lipinski definition) is 17. The number of aliphatic hydroxyl groups is 5. The van der Waals surface area contributed by atoms with E-state index in [1.807, 2.05) is 16.0 Å². The van der Waals surface area contributed by atoms with E-state index < -0.39 is 158 Å². The lowest BCUT2D eigenvalue weighted by atomic mass is 9.87. The Kier molecular flexibility index (Phi) is 20.7. The lowest BCUT2D eigenvalue weighted by Crippen LogP contribution is -2.64. The van der Waals surface area contributed by atoms with Crippen LogP contribution in [0.3, 0.4) is 0 Å². The first-order valence-corrected chi connectivity index (χ1v) is 17.9. The summed E-state index contributed by atoms with van der Waals surface area (Å²) in [7, 11) is 0. The van der Waals surface area contributed by atoms with Gasteiger partial charge in [-0.05, 0) is 19.8 Å². The molecular formula is C32H54N10O16. The molecule has 1 heterocycles. The number of β-amino-alcohol motifs (C(OH)–C–C–N with tert-alkyl or cyclic N) is 1. The second-order valence-electron chi connectivity index (χ2n) is 13.6. The van der Waals surface area contributed by atoms with Crippen LogP contribution >= 0.6 is 0 Å². The number of rotatable bonds is 13. The van der Waals surface area contributed by atoms with E-state index in [0.717, 1.165) is 6.92 Å². The summed E-state index contributed by atoms with van der Waals surface area (Å²) in [6.07, 6.45) is -9.91. The topological polar surface area (TPSA) is 440 Å². The van der Waals surface area contributed by atoms with E-state index >= 15 is 0 Å². The highest BCUT2D eigenvalue weighted by Gasteiger charge is 2.41. The van der Waals surface area contributed by atoms with Gasteiger partial charge in [0.2, 0.25) is 41.5 Å². The fourth-order valence-electron chi connectivity index (χ4n) is 5.15. The van der Waals surface area contributed by atoms with E-state index in [0.29, 0.717) is 0 Å². The fraction of sp³-hybridized carbons (Fsp3) is 0.688. The van der Waals surface area contributed by atoms with Crippen LogP contribution in [0.2, 0.25) is 0 Å². The number of nitrogens with one attached hydrogen (secondary N) is 8. The molecule has 58 heavy (non-hydrogen) atoms. The van der Waals surface area contributed by atoms with Gasteiger partial charge in [0.05, 0.1) is 25.3 Å².